The Kier molecular flexibility index (Phi) is 4.53. The van der Waals surface area contributed by atoms with Crippen LogP contribution in [0.3, 0.4) is 0 Å². The highest BCUT2D eigenvalue weighted by Gasteiger charge is 2.12. The van der Waals surface area contributed by atoms with E-state index in [9.17, 15) is 0 Å². The lowest BCUT2D eigenvalue weighted by molar-refractivity contribution is 0.354. The Morgan fingerprint density at radius 1 is 1.00 bits per heavy atom. The van der Waals surface area contributed by atoms with Crippen molar-refractivity contribution in [3.63, 3.8) is 0 Å². The highest BCUT2D eigenvalue weighted by molar-refractivity contribution is 6.15. The average molecular weight is 268 g/mol. The maximum atomic E-state index is 6.29. The first-order valence-electron chi connectivity index (χ1n) is 6.23. The topological polar surface area (TPSA) is 56.5 Å². The van der Waals surface area contributed by atoms with E-state index in [-0.39, 0.29) is 6.04 Å². The van der Waals surface area contributed by atoms with Crippen LogP contribution in [0.5, 0.6) is 11.5 Å². The van der Waals surface area contributed by atoms with Crippen molar-refractivity contribution in [2.24, 2.45) is 5.73 Å². The quantitative estimate of drug-likeness (QED) is 0.816. The van der Waals surface area contributed by atoms with E-state index in [1.807, 2.05) is 42.5 Å². The molecule has 2 rings (SSSR count). The number of rotatable bonds is 5. The van der Waals surface area contributed by atoms with Crippen LogP contribution in [0.2, 0.25) is 0 Å². The lowest BCUT2D eigenvalue weighted by Gasteiger charge is -2.16. The fraction of sp³-hybridized carbons (Fsp3) is 0.200. The average Bonchev–Trinajstić information content (AvgIpc) is 2.53. The summed E-state index contributed by atoms with van der Waals surface area (Å²) in [5, 5.41) is 2.61. The van der Waals surface area contributed by atoms with Crippen LogP contribution >= 0.6 is 0 Å². The second kappa shape index (κ2) is 6.35. The van der Waals surface area contributed by atoms with E-state index < -0.39 is 0 Å². The van der Waals surface area contributed by atoms with Crippen molar-refractivity contribution in [3.8, 4) is 11.5 Å². The highest BCUT2D eigenvalue weighted by atomic mass is 16.5. The first-order valence-corrected chi connectivity index (χ1v) is 6.23. The molecule has 0 amide bonds. The van der Waals surface area contributed by atoms with Crippen LogP contribution in [0.4, 0.5) is 5.69 Å². The highest BCUT2D eigenvalue weighted by Crippen LogP contribution is 2.31. The summed E-state index contributed by atoms with van der Waals surface area (Å²) >= 11 is 0. The fourth-order valence-electron chi connectivity index (χ4n) is 2.06. The van der Waals surface area contributed by atoms with Crippen LogP contribution < -0.4 is 20.4 Å². The van der Waals surface area contributed by atoms with Gasteiger partial charge in [-0.2, -0.15) is 0 Å². The molecular weight excluding hydrogens is 251 g/mol. The van der Waals surface area contributed by atoms with E-state index in [1.54, 1.807) is 14.2 Å². The zero-order valence-corrected chi connectivity index (χ0v) is 11.6. The largest absolute Gasteiger partial charge is 0.493 e. The van der Waals surface area contributed by atoms with Gasteiger partial charge in [-0.05, 0) is 35.4 Å². The van der Waals surface area contributed by atoms with Crippen molar-refractivity contribution < 1.29 is 9.47 Å². The van der Waals surface area contributed by atoms with E-state index in [2.05, 4.69) is 5.23 Å². The van der Waals surface area contributed by atoms with Crippen LogP contribution in [-0.4, -0.2) is 22.2 Å². The zero-order valence-electron chi connectivity index (χ0n) is 11.6. The first-order chi connectivity index (χ1) is 9.69. The summed E-state index contributed by atoms with van der Waals surface area (Å²) in [6, 6.07) is 13.1. The molecule has 2 aromatic rings. The molecule has 1 atom stereocenters. The number of hydrogen-bond donors (Lipinski definition) is 2. The molecule has 0 aliphatic carbocycles. The molecule has 0 aliphatic heterocycles. The lowest BCUT2D eigenvalue weighted by atomic mass is 9.98. The number of nitrogens with one attached hydrogen (secondary N) is 1. The molecule has 102 valence electrons. The van der Waals surface area contributed by atoms with E-state index in [4.69, 9.17) is 23.2 Å². The minimum Gasteiger partial charge on any atom is -0.493 e. The molecule has 0 fully saturated rings. The van der Waals surface area contributed by atoms with Gasteiger partial charge in [0.2, 0.25) is 7.98 Å². The van der Waals surface area contributed by atoms with Crippen LogP contribution in [0, 0.1) is 0 Å². The molecule has 0 aromatic heterocycles. The van der Waals surface area contributed by atoms with Crippen LogP contribution in [0.15, 0.2) is 42.5 Å². The van der Waals surface area contributed by atoms with Gasteiger partial charge in [0.25, 0.3) is 0 Å². The van der Waals surface area contributed by atoms with Gasteiger partial charge in [-0.25, -0.2) is 0 Å². The third kappa shape index (κ3) is 2.88. The number of nitrogens with two attached hydrogens (primary N) is 1. The van der Waals surface area contributed by atoms with E-state index in [1.165, 1.54) is 0 Å². The molecule has 2 aromatic carbocycles. The third-order valence-corrected chi connectivity index (χ3v) is 3.18. The molecule has 2 radical (unpaired) electrons. The number of ether oxygens (including phenoxy) is 2. The summed E-state index contributed by atoms with van der Waals surface area (Å²) in [5.41, 5.74) is 9.01. The Hall–Kier alpha value is -2.14. The molecule has 0 bridgehead atoms. The van der Waals surface area contributed by atoms with Crippen LogP contribution in [-0.2, 0) is 0 Å². The Bertz CT molecular complexity index is 590. The summed E-state index contributed by atoms with van der Waals surface area (Å²) < 4.78 is 10.5. The van der Waals surface area contributed by atoms with Crippen molar-refractivity contribution in [1.82, 2.24) is 0 Å². The van der Waals surface area contributed by atoms with Gasteiger partial charge < -0.3 is 20.4 Å². The first kappa shape index (κ1) is 14.3. The van der Waals surface area contributed by atoms with Crippen molar-refractivity contribution in [3.05, 3.63) is 53.6 Å². The fourth-order valence-corrected chi connectivity index (χ4v) is 2.06. The second-order valence-corrected chi connectivity index (χ2v) is 4.36. The number of hydrogen-bond acceptors (Lipinski definition) is 4. The second-order valence-electron chi connectivity index (χ2n) is 4.36. The molecule has 0 heterocycles. The van der Waals surface area contributed by atoms with Gasteiger partial charge in [-0.3, -0.25) is 0 Å². The Morgan fingerprint density at radius 2 is 1.70 bits per heavy atom. The monoisotopic (exact) mass is 268 g/mol. The number of methoxy groups -OCH3 is 2. The molecule has 0 spiro atoms. The molecule has 4 nitrogen and oxygen atoms in total. The molecule has 1 unspecified atom stereocenters. The van der Waals surface area contributed by atoms with Crippen LogP contribution in [0.1, 0.15) is 17.2 Å². The normalized spacial score (nSPS) is 11.8. The maximum absolute atomic E-state index is 6.29. The van der Waals surface area contributed by atoms with Crippen molar-refractivity contribution in [2.75, 3.05) is 19.4 Å². The maximum Gasteiger partial charge on any atom is 0.222 e. The summed E-state index contributed by atoms with van der Waals surface area (Å²) in [6.07, 6.45) is 0. The van der Waals surface area contributed by atoms with Gasteiger partial charge in [0.15, 0.2) is 11.5 Å². The van der Waals surface area contributed by atoms with Gasteiger partial charge in [0, 0.05) is 5.69 Å². The van der Waals surface area contributed by atoms with E-state index in [0.717, 1.165) is 16.8 Å². The predicted molar refractivity (Wildman–Crippen MR) is 81.4 cm³/mol. The van der Waals surface area contributed by atoms with Crippen LogP contribution in [0.25, 0.3) is 0 Å². The summed E-state index contributed by atoms with van der Waals surface area (Å²) in [6.45, 7) is 0. The summed E-state index contributed by atoms with van der Waals surface area (Å²) in [7, 11) is 8.62. The molecule has 20 heavy (non-hydrogen) atoms. The van der Waals surface area contributed by atoms with Gasteiger partial charge in [-0.15, -0.1) is 0 Å². The standard InChI is InChI=1S/C15H17BN2O2/c1-19-13-7-6-11(9-14(13)20-2)15(17)10-4-3-5-12(8-10)18-16/h3-9,15,18H,17H2,1-2H3. The predicted octanol–water partition coefficient (Wildman–Crippen LogP) is 2.25. The van der Waals surface area contributed by atoms with Crippen molar-refractivity contribution in [2.45, 2.75) is 6.04 Å². The molecule has 0 saturated carbocycles. The Morgan fingerprint density at radius 3 is 2.35 bits per heavy atom. The third-order valence-electron chi connectivity index (χ3n) is 3.18. The zero-order chi connectivity index (χ0) is 14.5. The molecule has 0 saturated heterocycles. The number of anilines is 1. The minimum absolute atomic E-state index is 0.261. The Balaban J connectivity index is 2.34. The molecule has 3 N–H and O–H groups in total. The lowest BCUT2D eigenvalue weighted by Crippen LogP contribution is -2.12. The van der Waals surface area contributed by atoms with Gasteiger partial charge in [-0.1, -0.05) is 18.2 Å². The smallest absolute Gasteiger partial charge is 0.222 e. The summed E-state index contributed by atoms with van der Waals surface area (Å²) in [5.74, 6) is 1.34. The van der Waals surface area contributed by atoms with Crippen molar-refractivity contribution >= 4 is 13.7 Å². The summed E-state index contributed by atoms with van der Waals surface area (Å²) in [4.78, 5) is 0. The SMILES string of the molecule is [B]Nc1cccc(C(N)c2ccc(OC)c(OC)c2)c1. The molecular formula is C15H17BN2O2. The van der Waals surface area contributed by atoms with E-state index in [0.29, 0.717) is 11.5 Å². The minimum atomic E-state index is -0.261. The Labute approximate surface area is 120 Å². The number of benzene rings is 2. The molecule has 0 aliphatic rings. The van der Waals surface area contributed by atoms with Gasteiger partial charge >= 0.3 is 0 Å². The van der Waals surface area contributed by atoms with E-state index >= 15 is 0 Å². The van der Waals surface area contributed by atoms with Gasteiger partial charge in [0.05, 0.1) is 20.3 Å². The molecule has 5 heteroatoms. The van der Waals surface area contributed by atoms with Gasteiger partial charge in [0.1, 0.15) is 0 Å². The van der Waals surface area contributed by atoms with Crippen molar-refractivity contribution in [1.29, 1.82) is 0 Å².